The molecule has 2 aromatic rings. The van der Waals surface area contributed by atoms with Crippen molar-refractivity contribution in [3.05, 3.63) is 57.6 Å². The predicted octanol–water partition coefficient (Wildman–Crippen LogP) is 2.53. The fourth-order valence-electron chi connectivity index (χ4n) is 2.71. The van der Waals surface area contributed by atoms with Gasteiger partial charge in [-0.2, -0.15) is 0 Å². The molecule has 0 atom stereocenters. The van der Waals surface area contributed by atoms with E-state index in [-0.39, 0.29) is 29.6 Å². The van der Waals surface area contributed by atoms with E-state index in [9.17, 15) is 19.2 Å². The molecule has 10 heteroatoms. The summed E-state index contributed by atoms with van der Waals surface area (Å²) in [4.78, 5) is 47.2. The largest absolute Gasteiger partial charge is 0.493 e. The molecule has 9 nitrogen and oxygen atoms in total. The molecule has 1 fully saturated rings. The van der Waals surface area contributed by atoms with Gasteiger partial charge < -0.3 is 14.8 Å². The molecule has 3 rings (SSSR count). The van der Waals surface area contributed by atoms with Gasteiger partial charge in [-0.25, -0.2) is 4.79 Å². The van der Waals surface area contributed by atoms with E-state index in [1.54, 1.807) is 18.2 Å². The molecule has 1 saturated heterocycles. The van der Waals surface area contributed by atoms with Crippen LogP contribution in [-0.4, -0.2) is 37.5 Å². The molecule has 1 aliphatic rings. The number of nitrogens with one attached hydrogen (secondary N) is 3. The van der Waals surface area contributed by atoms with Crippen LogP contribution in [0.4, 0.5) is 10.5 Å². The molecule has 2 aromatic carbocycles. The van der Waals surface area contributed by atoms with Gasteiger partial charge in [-0.15, -0.1) is 0 Å². The number of benzene rings is 2. The summed E-state index contributed by atoms with van der Waals surface area (Å²) < 4.78 is 11.4. The van der Waals surface area contributed by atoms with Crippen molar-refractivity contribution in [1.29, 1.82) is 0 Å². The van der Waals surface area contributed by atoms with Crippen molar-refractivity contribution in [3.8, 4) is 11.5 Å². The number of ether oxygens (including phenoxy) is 2. The Morgan fingerprint density at radius 2 is 1.74 bits per heavy atom. The van der Waals surface area contributed by atoms with Crippen LogP contribution in [0.5, 0.6) is 11.5 Å². The highest BCUT2D eigenvalue weighted by atomic mass is 79.9. The number of urea groups is 1. The van der Waals surface area contributed by atoms with Crippen LogP contribution in [-0.2, 0) is 14.4 Å². The summed E-state index contributed by atoms with van der Waals surface area (Å²) in [7, 11) is 1.41. The lowest BCUT2D eigenvalue weighted by Crippen LogP contribution is -2.51. The number of rotatable bonds is 6. The summed E-state index contributed by atoms with van der Waals surface area (Å²) in [6.07, 6.45) is 1.30. The van der Waals surface area contributed by atoms with E-state index >= 15 is 0 Å². The van der Waals surface area contributed by atoms with Gasteiger partial charge >= 0.3 is 6.03 Å². The monoisotopic (exact) mass is 487 g/mol. The number of anilines is 1. The quantitative estimate of drug-likeness (QED) is 0.425. The highest BCUT2D eigenvalue weighted by Crippen LogP contribution is 2.37. The average molecular weight is 488 g/mol. The van der Waals surface area contributed by atoms with Crippen molar-refractivity contribution < 1.29 is 28.7 Å². The molecular weight excluding hydrogens is 470 g/mol. The maximum Gasteiger partial charge on any atom is 0.328 e. The third-order valence-electron chi connectivity index (χ3n) is 4.19. The molecule has 160 valence electrons. The molecule has 0 aromatic heterocycles. The van der Waals surface area contributed by atoms with Crippen molar-refractivity contribution in [2.75, 3.05) is 19.0 Å². The van der Waals surface area contributed by atoms with Crippen LogP contribution in [0.25, 0.3) is 6.08 Å². The summed E-state index contributed by atoms with van der Waals surface area (Å²) in [6, 6.07) is 9.58. The van der Waals surface area contributed by atoms with Gasteiger partial charge in [0, 0.05) is 5.69 Å². The molecule has 5 amide bonds. The second-order valence-electron chi connectivity index (χ2n) is 6.53. The zero-order valence-corrected chi connectivity index (χ0v) is 18.2. The molecule has 0 unspecified atom stereocenters. The van der Waals surface area contributed by atoms with E-state index in [0.717, 1.165) is 5.56 Å². The number of carbonyl (C=O) groups is 4. The van der Waals surface area contributed by atoms with E-state index in [1.165, 1.54) is 19.3 Å². The number of halogens is 1. The number of carbonyl (C=O) groups excluding carboxylic acids is 4. The van der Waals surface area contributed by atoms with Gasteiger partial charge in [-0.1, -0.05) is 17.7 Å². The van der Waals surface area contributed by atoms with E-state index in [4.69, 9.17) is 9.47 Å². The smallest absolute Gasteiger partial charge is 0.328 e. The molecule has 0 saturated carbocycles. The molecular formula is C21H18BrN3O6. The molecule has 0 bridgehead atoms. The molecule has 0 aliphatic carbocycles. The summed E-state index contributed by atoms with van der Waals surface area (Å²) in [5.41, 5.74) is 1.93. The minimum atomic E-state index is -0.876. The molecule has 0 spiro atoms. The van der Waals surface area contributed by atoms with Crippen molar-refractivity contribution in [1.82, 2.24) is 10.6 Å². The first-order valence-corrected chi connectivity index (χ1v) is 9.81. The normalized spacial score (nSPS) is 13.3. The average Bonchev–Trinajstić information content (AvgIpc) is 2.71. The van der Waals surface area contributed by atoms with Crippen LogP contribution in [0, 0.1) is 6.92 Å². The fourth-order valence-corrected chi connectivity index (χ4v) is 3.28. The Balaban J connectivity index is 1.75. The molecule has 0 radical (unpaired) electrons. The second kappa shape index (κ2) is 9.43. The number of barbiturate groups is 1. The highest BCUT2D eigenvalue weighted by molar-refractivity contribution is 9.10. The number of aryl methyl sites for hydroxylation is 1. The van der Waals surface area contributed by atoms with Crippen LogP contribution in [0.2, 0.25) is 0 Å². The van der Waals surface area contributed by atoms with Crippen LogP contribution < -0.4 is 25.4 Å². The Morgan fingerprint density at radius 3 is 2.35 bits per heavy atom. The molecule has 1 aliphatic heterocycles. The first kappa shape index (κ1) is 22.0. The van der Waals surface area contributed by atoms with Crippen LogP contribution in [0.15, 0.2) is 46.4 Å². The Labute approximate surface area is 185 Å². The number of methoxy groups -OCH3 is 1. The van der Waals surface area contributed by atoms with Crippen LogP contribution >= 0.6 is 15.9 Å². The van der Waals surface area contributed by atoms with Gasteiger partial charge in [-0.3, -0.25) is 25.0 Å². The van der Waals surface area contributed by atoms with Crippen molar-refractivity contribution in [2.24, 2.45) is 0 Å². The number of hydrogen-bond acceptors (Lipinski definition) is 6. The number of amides is 5. The van der Waals surface area contributed by atoms with Crippen molar-refractivity contribution in [3.63, 3.8) is 0 Å². The van der Waals surface area contributed by atoms with Gasteiger partial charge in [-0.05, 0) is 58.8 Å². The zero-order chi connectivity index (χ0) is 22.5. The number of hydrogen-bond donors (Lipinski definition) is 3. The van der Waals surface area contributed by atoms with Gasteiger partial charge in [0.1, 0.15) is 5.57 Å². The lowest BCUT2D eigenvalue weighted by atomic mass is 10.1. The van der Waals surface area contributed by atoms with Gasteiger partial charge in [0.15, 0.2) is 18.1 Å². The summed E-state index contributed by atoms with van der Waals surface area (Å²) in [5, 5.41) is 6.73. The minimum Gasteiger partial charge on any atom is -0.493 e. The third kappa shape index (κ3) is 5.48. The predicted molar refractivity (Wildman–Crippen MR) is 116 cm³/mol. The Kier molecular flexibility index (Phi) is 6.71. The Morgan fingerprint density at radius 1 is 1.10 bits per heavy atom. The second-order valence-corrected chi connectivity index (χ2v) is 7.39. The molecule has 3 N–H and O–H groups in total. The van der Waals surface area contributed by atoms with Crippen LogP contribution in [0.3, 0.4) is 0 Å². The van der Waals surface area contributed by atoms with Gasteiger partial charge in [0.25, 0.3) is 17.7 Å². The van der Waals surface area contributed by atoms with Crippen molar-refractivity contribution in [2.45, 2.75) is 6.92 Å². The lowest BCUT2D eigenvalue weighted by Gasteiger charge is -2.16. The fraction of sp³-hybridized carbons (Fsp3) is 0.143. The zero-order valence-electron chi connectivity index (χ0n) is 16.6. The van der Waals surface area contributed by atoms with E-state index in [1.807, 2.05) is 29.7 Å². The molecule has 31 heavy (non-hydrogen) atoms. The standard InChI is InChI=1S/C21H18BrN3O6/c1-11-3-5-13(6-4-11)23-17(26)10-31-18-15(22)8-12(9-16(18)30-2)7-14-19(27)24-21(29)25-20(14)28/h3-9H,10H2,1-2H3,(H,23,26)(H2,24,25,27,28,29). The Hall–Kier alpha value is -3.66. The summed E-state index contributed by atoms with van der Waals surface area (Å²) in [6.45, 7) is 1.68. The van der Waals surface area contributed by atoms with Gasteiger partial charge in [0.2, 0.25) is 0 Å². The number of imide groups is 2. The van der Waals surface area contributed by atoms with E-state index < -0.39 is 17.8 Å². The van der Waals surface area contributed by atoms with Gasteiger partial charge in [0.05, 0.1) is 11.6 Å². The minimum absolute atomic E-state index is 0.236. The lowest BCUT2D eigenvalue weighted by molar-refractivity contribution is -0.124. The molecule has 1 heterocycles. The first-order chi connectivity index (χ1) is 14.8. The highest BCUT2D eigenvalue weighted by Gasteiger charge is 2.28. The maximum absolute atomic E-state index is 12.2. The Bertz CT molecular complexity index is 1070. The van der Waals surface area contributed by atoms with Crippen molar-refractivity contribution >= 4 is 51.4 Å². The van der Waals surface area contributed by atoms with Crippen LogP contribution in [0.1, 0.15) is 11.1 Å². The van der Waals surface area contributed by atoms with E-state index in [0.29, 0.717) is 15.7 Å². The summed E-state index contributed by atoms with van der Waals surface area (Å²) >= 11 is 3.35. The third-order valence-corrected chi connectivity index (χ3v) is 4.78. The maximum atomic E-state index is 12.2. The van der Waals surface area contributed by atoms with E-state index in [2.05, 4.69) is 21.2 Å². The summed E-state index contributed by atoms with van der Waals surface area (Å²) in [5.74, 6) is -1.42. The first-order valence-electron chi connectivity index (χ1n) is 9.02. The topological polar surface area (TPSA) is 123 Å². The SMILES string of the molecule is COc1cc(C=C2C(=O)NC(=O)NC2=O)cc(Br)c1OCC(=O)Nc1ccc(C)cc1.